The number of ether oxygens (including phenoxy) is 3. The number of benzene rings is 1. The van der Waals surface area contributed by atoms with E-state index in [0.717, 1.165) is 6.42 Å². The van der Waals surface area contributed by atoms with Crippen molar-refractivity contribution >= 4 is 5.97 Å². The predicted molar refractivity (Wildman–Crippen MR) is 74.3 cm³/mol. The Kier molecular flexibility index (Phi) is 4.09. The molecule has 0 N–H and O–H groups in total. The highest BCUT2D eigenvalue weighted by molar-refractivity contribution is 5.72. The molecule has 1 aromatic carbocycles. The summed E-state index contributed by atoms with van der Waals surface area (Å²) in [6.45, 7) is 1.10. The van der Waals surface area contributed by atoms with Crippen LogP contribution >= 0.6 is 0 Å². The number of fused-ring (bicyclic) bond motifs is 1. The largest absolute Gasteiger partial charge is 0.486 e. The molecule has 0 atom stereocenters. The van der Waals surface area contributed by atoms with E-state index in [0.29, 0.717) is 42.8 Å². The zero-order chi connectivity index (χ0) is 13.8. The van der Waals surface area contributed by atoms with E-state index >= 15 is 0 Å². The maximum Gasteiger partial charge on any atom is 0.311 e. The van der Waals surface area contributed by atoms with E-state index in [4.69, 9.17) is 14.2 Å². The number of hydrogen-bond acceptors (Lipinski definition) is 4. The number of esters is 1. The molecule has 0 radical (unpaired) electrons. The van der Waals surface area contributed by atoms with Crippen molar-refractivity contribution in [2.75, 3.05) is 13.2 Å². The first-order valence-corrected chi connectivity index (χ1v) is 7.41. The van der Waals surface area contributed by atoms with Crippen LogP contribution in [-0.2, 0) is 4.79 Å². The Labute approximate surface area is 119 Å². The lowest BCUT2D eigenvalue weighted by Crippen LogP contribution is -2.15. The molecule has 0 amide bonds. The Morgan fingerprint density at radius 3 is 2.70 bits per heavy atom. The molecule has 1 aliphatic carbocycles. The number of rotatable bonds is 4. The van der Waals surface area contributed by atoms with E-state index in [1.165, 1.54) is 25.7 Å². The summed E-state index contributed by atoms with van der Waals surface area (Å²) in [5.41, 5.74) is 0. The van der Waals surface area contributed by atoms with E-state index in [-0.39, 0.29) is 5.97 Å². The Bertz CT molecular complexity index is 477. The maximum absolute atomic E-state index is 11.8. The van der Waals surface area contributed by atoms with E-state index in [1.807, 2.05) is 0 Å². The third-order valence-corrected chi connectivity index (χ3v) is 3.98. The first-order valence-electron chi connectivity index (χ1n) is 7.41. The lowest BCUT2D eigenvalue weighted by atomic mass is 10.0. The SMILES string of the molecule is O=C(CCC1CCCC1)Oc1ccc2c(c1)OCCO2. The van der Waals surface area contributed by atoms with Gasteiger partial charge in [0.2, 0.25) is 0 Å². The molecule has 4 nitrogen and oxygen atoms in total. The van der Waals surface area contributed by atoms with Gasteiger partial charge < -0.3 is 14.2 Å². The van der Waals surface area contributed by atoms with E-state index in [1.54, 1.807) is 18.2 Å². The molecule has 108 valence electrons. The van der Waals surface area contributed by atoms with Crippen molar-refractivity contribution in [3.05, 3.63) is 18.2 Å². The van der Waals surface area contributed by atoms with Crippen molar-refractivity contribution in [2.24, 2.45) is 5.92 Å². The van der Waals surface area contributed by atoms with Gasteiger partial charge in [-0.05, 0) is 24.5 Å². The molecule has 1 aliphatic heterocycles. The molecule has 0 aromatic heterocycles. The molecule has 0 saturated heterocycles. The van der Waals surface area contributed by atoms with Gasteiger partial charge in [0, 0.05) is 12.5 Å². The summed E-state index contributed by atoms with van der Waals surface area (Å²) < 4.78 is 16.3. The smallest absolute Gasteiger partial charge is 0.311 e. The molecule has 20 heavy (non-hydrogen) atoms. The van der Waals surface area contributed by atoms with Crippen LogP contribution in [0.5, 0.6) is 17.2 Å². The zero-order valence-electron chi connectivity index (χ0n) is 11.6. The van der Waals surface area contributed by atoms with Crippen LogP contribution < -0.4 is 14.2 Å². The third-order valence-electron chi connectivity index (χ3n) is 3.98. The second-order valence-electron chi connectivity index (χ2n) is 5.47. The highest BCUT2D eigenvalue weighted by Gasteiger charge is 2.18. The van der Waals surface area contributed by atoms with Crippen LogP contribution in [0.4, 0.5) is 0 Å². The van der Waals surface area contributed by atoms with Gasteiger partial charge in [-0.3, -0.25) is 4.79 Å². The average molecular weight is 276 g/mol. The van der Waals surface area contributed by atoms with E-state index in [9.17, 15) is 4.79 Å². The molecule has 1 saturated carbocycles. The summed E-state index contributed by atoms with van der Waals surface area (Å²) in [5.74, 6) is 2.45. The maximum atomic E-state index is 11.8. The van der Waals surface area contributed by atoms with Crippen molar-refractivity contribution in [3.8, 4) is 17.2 Å². The molecular weight excluding hydrogens is 256 g/mol. The van der Waals surface area contributed by atoms with Crippen LogP contribution in [-0.4, -0.2) is 19.2 Å². The van der Waals surface area contributed by atoms with Crippen LogP contribution in [0.1, 0.15) is 38.5 Å². The molecular formula is C16H20O4. The van der Waals surface area contributed by atoms with Gasteiger partial charge in [0.15, 0.2) is 11.5 Å². The van der Waals surface area contributed by atoms with Gasteiger partial charge in [-0.1, -0.05) is 25.7 Å². The van der Waals surface area contributed by atoms with Crippen molar-refractivity contribution in [1.29, 1.82) is 0 Å². The molecule has 1 heterocycles. The third kappa shape index (κ3) is 3.24. The molecule has 0 bridgehead atoms. The summed E-state index contributed by atoms with van der Waals surface area (Å²) in [5, 5.41) is 0. The van der Waals surface area contributed by atoms with Gasteiger partial charge in [-0.2, -0.15) is 0 Å². The van der Waals surface area contributed by atoms with Gasteiger partial charge >= 0.3 is 5.97 Å². The molecule has 4 heteroatoms. The van der Waals surface area contributed by atoms with Crippen molar-refractivity contribution in [3.63, 3.8) is 0 Å². The monoisotopic (exact) mass is 276 g/mol. The van der Waals surface area contributed by atoms with Crippen LogP contribution in [0.15, 0.2) is 18.2 Å². The minimum Gasteiger partial charge on any atom is -0.486 e. The second kappa shape index (κ2) is 6.16. The summed E-state index contributed by atoms with van der Waals surface area (Å²) in [6.07, 6.45) is 6.58. The molecule has 2 aliphatic rings. The zero-order valence-corrected chi connectivity index (χ0v) is 11.6. The lowest BCUT2D eigenvalue weighted by Gasteiger charge is -2.18. The van der Waals surface area contributed by atoms with Crippen molar-refractivity contribution in [2.45, 2.75) is 38.5 Å². The van der Waals surface area contributed by atoms with Gasteiger partial charge in [0.1, 0.15) is 19.0 Å². The van der Waals surface area contributed by atoms with Gasteiger partial charge in [-0.15, -0.1) is 0 Å². The summed E-state index contributed by atoms with van der Waals surface area (Å²) in [4.78, 5) is 11.8. The Morgan fingerprint density at radius 1 is 1.15 bits per heavy atom. The summed E-state index contributed by atoms with van der Waals surface area (Å²) in [6, 6.07) is 5.26. The van der Waals surface area contributed by atoms with Gasteiger partial charge in [0.25, 0.3) is 0 Å². The molecule has 1 fully saturated rings. The minimum absolute atomic E-state index is 0.159. The van der Waals surface area contributed by atoms with E-state index < -0.39 is 0 Å². The quantitative estimate of drug-likeness (QED) is 0.625. The second-order valence-corrected chi connectivity index (χ2v) is 5.47. The normalized spacial score (nSPS) is 18.0. The fourth-order valence-corrected chi connectivity index (χ4v) is 2.89. The van der Waals surface area contributed by atoms with Crippen LogP contribution in [0.3, 0.4) is 0 Å². The number of carbonyl (C=O) groups excluding carboxylic acids is 1. The fraction of sp³-hybridized carbons (Fsp3) is 0.562. The first kappa shape index (κ1) is 13.3. The number of hydrogen-bond donors (Lipinski definition) is 0. The lowest BCUT2D eigenvalue weighted by molar-refractivity contribution is -0.134. The van der Waals surface area contributed by atoms with Gasteiger partial charge in [-0.25, -0.2) is 0 Å². The molecule has 1 aromatic rings. The van der Waals surface area contributed by atoms with Crippen molar-refractivity contribution < 1.29 is 19.0 Å². The summed E-state index contributed by atoms with van der Waals surface area (Å²) >= 11 is 0. The summed E-state index contributed by atoms with van der Waals surface area (Å²) in [7, 11) is 0. The Morgan fingerprint density at radius 2 is 1.90 bits per heavy atom. The minimum atomic E-state index is -0.159. The molecule has 0 unspecified atom stereocenters. The van der Waals surface area contributed by atoms with Crippen LogP contribution in [0, 0.1) is 5.92 Å². The standard InChI is InChI=1S/C16H20O4/c17-16(8-5-12-3-1-2-4-12)20-13-6-7-14-15(11-13)19-10-9-18-14/h6-7,11-12H,1-5,8-10H2. The van der Waals surface area contributed by atoms with Crippen LogP contribution in [0.25, 0.3) is 0 Å². The van der Waals surface area contributed by atoms with Crippen molar-refractivity contribution in [1.82, 2.24) is 0 Å². The molecule has 3 rings (SSSR count). The Balaban J connectivity index is 1.52. The number of carbonyl (C=O) groups is 1. The highest BCUT2D eigenvalue weighted by atomic mass is 16.6. The molecule has 0 spiro atoms. The Hall–Kier alpha value is -1.71. The first-order chi connectivity index (χ1) is 9.81. The van der Waals surface area contributed by atoms with E-state index in [2.05, 4.69) is 0 Å². The average Bonchev–Trinajstić information content (AvgIpc) is 2.98. The highest BCUT2D eigenvalue weighted by Crippen LogP contribution is 2.34. The predicted octanol–water partition coefficient (Wildman–Crippen LogP) is 3.33. The van der Waals surface area contributed by atoms with Crippen LogP contribution in [0.2, 0.25) is 0 Å². The fourth-order valence-electron chi connectivity index (χ4n) is 2.89. The van der Waals surface area contributed by atoms with Gasteiger partial charge in [0.05, 0.1) is 0 Å². The topological polar surface area (TPSA) is 44.8 Å².